The van der Waals surface area contributed by atoms with Gasteiger partial charge < -0.3 is 29.0 Å². The van der Waals surface area contributed by atoms with Crippen molar-refractivity contribution in [1.29, 1.82) is 0 Å². The molecule has 1 aliphatic rings. The molecule has 2 heterocycles. The van der Waals surface area contributed by atoms with Crippen LogP contribution in [0, 0.1) is 5.82 Å². The molecule has 0 unspecified atom stereocenters. The van der Waals surface area contributed by atoms with Gasteiger partial charge in [0.1, 0.15) is 28.6 Å². The van der Waals surface area contributed by atoms with Crippen molar-refractivity contribution in [2.75, 3.05) is 50.7 Å². The van der Waals surface area contributed by atoms with Crippen LogP contribution >= 0.6 is 0 Å². The first-order chi connectivity index (χ1) is 15.1. The highest BCUT2D eigenvalue weighted by Crippen LogP contribution is 2.35. The van der Waals surface area contributed by atoms with Gasteiger partial charge in [-0.25, -0.2) is 4.39 Å². The number of nitrogens with one attached hydrogen (secondary N) is 1. The zero-order valence-corrected chi connectivity index (χ0v) is 17.2. The molecule has 4 rings (SSSR count). The van der Waals surface area contributed by atoms with Gasteiger partial charge in [0.05, 0.1) is 33.1 Å². The minimum Gasteiger partial charge on any atom is -0.497 e. The molecule has 1 saturated heterocycles. The van der Waals surface area contributed by atoms with Crippen LogP contribution in [-0.2, 0) is 4.74 Å². The molecule has 1 fully saturated rings. The van der Waals surface area contributed by atoms with E-state index in [1.807, 2.05) is 4.90 Å². The van der Waals surface area contributed by atoms with Crippen molar-refractivity contribution in [2.24, 2.45) is 0 Å². The summed E-state index contributed by atoms with van der Waals surface area (Å²) in [7, 11) is 3.03. The molecule has 2 aromatic carbocycles. The predicted octanol–water partition coefficient (Wildman–Crippen LogP) is 3.59. The van der Waals surface area contributed by atoms with Crippen LogP contribution in [0.3, 0.4) is 0 Å². The van der Waals surface area contributed by atoms with Crippen molar-refractivity contribution in [3.05, 3.63) is 53.8 Å². The van der Waals surface area contributed by atoms with Crippen molar-refractivity contribution in [2.45, 2.75) is 0 Å². The third kappa shape index (κ3) is 4.17. The zero-order valence-electron chi connectivity index (χ0n) is 17.2. The second-order valence-electron chi connectivity index (χ2n) is 6.81. The smallest absolute Gasteiger partial charge is 0.263 e. The number of hydrogen-bond donors (Lipinski definition) is 1. The summed E-state index contributed by atoms with van der Waals surface area (Å²) in [5, 5.41) is 6.87. The molecule has 31 heavy (non-hydrogen) atoms. The van der Waals surface area contributed by atoms with Crippen LogP contribution in [0.5, 0.6) is 11.5 Å². The lowest BCUT2D eigenvalue weighted by atomic mass is 10.1. The average molecular weight is 427 g/mol. The highest BCUT2D eigenvalue weighted by molar-refractivity contribution is 6.12. The number of anilines is 2. The molecule has 0 atom stereocenters. The number of ether oxygens (including phenoxy) is 3. The fourth-order valence-corrected chi connectivity index (χ4v) is 3.40. The monoisotopic (exact) mass is 427 g/mol. The molecule has 1 aliphatic heterocycles. The van der Waals surface area contributed by atoms with Gasteiger partial charge in [0.25, 0.3) is 5.91 Å². The highest BCUT2D eigenvalue weighted by Gasteiger charge is 2.30. The summed E-state index contributed by atoms with van der Waals surface area (Å²) in [6, 6.07) is 11.2. The molecule has 0 saturated carbocycles. The van der Waals surface area contributed by atoms with Crippen molar-refractivity contribution in [1.82, 2.24) is 5.16 Å². The number of carbonyl (C=O) groups excluding carboxylic acids is 1. The van der Waals surface area contributed by atoms with Crippen LogP contribution in [0.15, 0.2) is 47.0 Å². The molecule has 3 aromatic rings. The zero-order chi connectivity index (χ0) is 21.8. The molecule has 1 amide bonds. The summed E-state index contributed by atoms with van der Waals surface area (Å²) < 4.78 is 36.1. The summed E-state index contributed by atoms with van der Waals surface area (Å²) in [6.45, 7) is 2.02. The van der Waals surface area contributed by atoms with Gasteiger partial charge in [0, 0.05) is 24.7 Å². The Morgan fingerprint density at radius 1 is 1.13 bits per heavy atom. The SMILES string of the molecule is COc1ccc(OC)c(NC(=O)c2c(-c3ccccc3F)noc2N2CCOCC2)c1. The van der Waals surface area contributed by atoms with E-state index in [0.717, 1.165) is 0 Å². The van der Waals surface area contributed by atoms with E-state index in [2.05, 4.69) is 10.5 Å². The van der Waals surface area contributed by atoms with Gasteiger partial charge >= 0.3 is 0 Å². The number of rotatable bonds is 6. The van der Waals surface area contributed by atoms with Gasteiger partial charge in [-0.15, -0.1) is 0 Å². The van der Waals surface area contributed by atoms with E-state index in [0.29, 0.717) is 43.5 Å². The largest absolute Gasteiger partial charge is 0.497 e. The summed E-state index contributed by atoms with van der Waals surface area (Å²) in [6.07, 6.45) is 0. The molecule has 0 bridgehead atoms. The van der Waals surface area contributed by atoms with Gasteiger partial charge in [0.2, 0.25) is 5.88 Å². The number of halogens is 1. The fourth-order valence-electron chi connectivity index (χ4n) is 3.40. The molecule has 8 nitrogen and oxygen atoms in total. The Bertz CT molecular complexity index is 1080. The molecular formula is C22H22FN3O5. The summed E-state index contributed by atoms with van der Waals surface area (Å²) in [5.74, 6) is 0.251. The minimum absolute atomic E-state index is 0.124. The topological polar surface area (TPSA) is 86.1 Å². The Hall–Kier alpha value is -3.59. The molecule has 0 aliphatic carbocycles. The van der Waals surface area contributed by atoms with Crippen LogP contribution in [0.25, 0.3) is 11.3 Å². The van der Waals surface area contributed by atoms with Crippen LogP contribution in [0.2, 0.25) is 0 Å². The van der Waals surface area contributed by atoms with Crippen molar-refractivity contribution in [3.63, 3.8) is 0 Å². The fraction of sp³-hybridized carbons (Fsp3) is 0.273. The predicted molar refractivity (Wildman–Crippen MR) is 112 cm³/mol. The molecule has 9 heteroatoms. The number of carbonyl (C=O) groups is 1. The average Bonchev–Trinajstić information content (AvgIpc) is 3.25. The number of morpholine rings is 1. The van der Waals surface area contributed by atoms with E-state index in [1.165, 1.54) is 20.3 Å². The van der Waals surface area contributed by atoms with E-state index in [1.54, 1.807) is 36.4 Å². The maximum Gasteiger partial charge on any atom is 0.263 e. The van der Waals surface area contributed by atoms with E-state index < -0.39 is 11.7 Å². The van der Waals surface area contributed by atoms with Crippen LogP contribution < -0.4 is 19.7 Å². The van der Waals surface area contributed by atoms with Gasteiger partial charge in [-0.05, 0) is 24.3 Å². The first kappa shape index (κ1) is 20.7. The first-order valence-electron chi connectivity index (χ1n) is 9.73. The number of hydrogen-bond acceptors (Lipinski definition) is 7. The van der Waals surface area contributed by atoms with Crippen molar-refractivity contribution >= 4 is 17.5 Å². The molecule has 0 radical (unpaired) electrons. The number of aromatic nitrogens is 1. The second-order valence-corrected chi connectivity index (χ2v) is 6.81. The van der Waals surface area contributed by atoms with Crippen molar-refractivity contribution < 1.29 is 27.9 Å². The van der Waals surface area contributed by atoms with E-state index in [9.17, 15) is 9.18 Å². The summed E-state index contributed by atoms with van der Waals surface area (Å²) in [5.41, 5.74) is 0.838. The Morgan fingerprint density at radius 3 is 2.61 bits per heavy atom. The van der Waals surface area contributed by atoms with E-state index >= 15 is 0 Å². The molecular weight excluding hydrogens is 405 g/mol. The normalized spacial score (nSPS) is 13.7. The second kappa shape index (κ2) is 9.05. The third-order valence-electron chi connectivity index (χ3n) is 4.98. The van der Waals surface area contributed by atoms with Gasteiger partial charge in [0.15, 0.2) is 0 Å². The number of nitrogens with zero attached hydrogens (tertiary/aromatic N) is 2. The standard InChI is InChI=1S/C22H22FN3O5/c1-28-14-7-8-18(29-2)17(13-14)24-21(27)19-20(15-5-3-4-6-16(15)23)25-31-22(19)26-9-11-30-12-10-26/h3-8,13H,9-12H2,1-2H3,(H,24,27). The Morgan fingerprint density at radius 2 is 1.90 bits per heavy atom. The Labute approximate surface area is 178 Å². The quantitative estimate of drug-likeness (QED) is 0.643. The Kier molecular flexibility index (Phi) is 6.03. The molecule has 1 N–H and O–H groups in total. The summed E-state index contributed by atoms with van der Waals surface area (Å²) >= 11 is 0. The van der Waals surface area contributed by atoms with E-state index in [-0.39, 0.29) is 22.7 Å². The first-order valence-corrected chi connectivity index (χ1v) is 9.73. The lowest BCUT2D eigenvalue weighted by Gasteiger charge is -2.26. The molecule has 162 valence electrons. The lowest BCUT2D eigenvalue weighted by molar-refractivity contribution is 0.102. The van der Waals surface area contributed by atoms with Crippen molar-refractivity contribution in [3.8, 4) is 22.8 Å². The van der Waals surface area contributed by atoms with Gasteiger partial charge in [-0.3, -0.25) is 4.79 Å². The van der Waals surface area contributed by atoms with Crippen LogP contribution in [0.1, 0.15) is 10.4 Å². The number of amides is 1. The minimum atomic E-state index is -0.507. The molecule has 0 spiro atoms. The highest BCUT2D eigenvalue weighted by atomic mass is 19.1. The van der Waals surface area contributed by atoms with Gasteiger partial charge in [-0.2, -0.15) is 0 Å². The third-order valence-corrected chi connectivity index (χ3v) is 4.98. The van der Waals surface area contributed by atoms with Gasteiger partial charge in [-0.1, -0.05) is 17.3 Å². The van der Waals surface area contributed by atoms with Crippen LogP contribution in [-0.4, -0.2) is 51.6 Å². The number of methoxy groups -OCH3 is 2. The van der Waals surface area contributed by atoms with E-state index in [4.69, 9.17) is 18.7 Å². The summed E-state index contributed by atoms with van der Waals surface area (Å²) in [4.78, 5) is 15.3. The Balaban J connectivity index is 1.77. The molecule has 1 aromatic heterocycles. The number of benzene rings is 2. The maximum absolute atomic E-state index is 14.5. The maximum atomic E-state index is 14.5. The van der Waals surface area contributed by atoms with Crippen LogP contribution in [0.4, 0.5) is 16.0 Å². The lowest BCUT2D eigenvalue weighted by Crippen LogP contribution is -2.37.